The first kappa shape index (κ1) is 24.3. The van der Waals surface area contributed by atoms with Crippen molar-refractivity contribution in [1.29, 1.82) is 0 Å². The van der Waals surface area contributed by atoms with Gasteiger partial charge in [0.2, 0.25) is 0 Å². The van der Waals surface area contributed by atoms with Gasteiger partial charge in [-0.25, -0.2) is 10.2 Å². The Labute approximate surface area is 200 Å². The number of carbonyl (C=O) groups excluding carboxylic acids is 3. The predicted molar refractivity (Wildman–Crippen MR) is 127 cm³/mol. The van der Waals surface area contributed by atoms with Crippen molar-refractivity contribution in [2.45, 2.75) is 0 Å². The van der Waals surface area contributed by atoms with Gasteiger partial charge in [0.05, 0.1) is 31.7 Å². The van der Waals surface area contributed by atoms with Crippen molar-refractivity contribution in [1.82, 2.24) is 5.43 Å². The fourth-order valence-corrected chi connectivity index (χ4v) is 2.84. The summed E-state index contributed by atoms with van der Waals surface area (Å²) in [6, 6.07) is 17.5. The minimum atomic E-state index is -0.994. The van der Waals surface area contributed by atoms with Crippen LogP contribution in [0.5, 0.6) is 17.2 Å². The number of anilines is 1. The maximum Gasteiger partial charge on any atom is 0.343 e. The number of hydrazone groups is 1. The van der Waals surface area contributed by atoms with E-state index >= 15 is 0 Å². The number of nitrogens with one attached hydrogen (secondary N) is 2. The zero-order valence-electron chi connectivity index (χ0n) is 18.2. The second-order valence-corrected chi connectivity index (χ2v) is 7.12. The summed E-state index contributed by atoms with van der Waals surface area (Å²) in [5.74, 6) is -1.39. The number of nitrogens with zero attached hydrogens (tertiary/aromatic N) is 1. The van der Waals surface area contributed by atoms with Crippen LogP contribution in [0.4, 0.5) is 5.69 Å². The Kier molecular flexibility index (Phi) is 8.20. The van der Waals surface area contributed by atoms with Gasteiger partial charge in [-0.3, -0.25) is 9.59 Å². The summed E-state index contributed by atoms with van der Waals surface area (Å²) >= 11 is 5.82. The Bertz CT molecular complexity index is 1230. The summed E-state index contributed by atoms with van der Waals surface area (Å²) in [5.41, 5.74) is 3.27. The van der Waals surface area contributed by atoms with E-state index in [4.69, 9.17) is 25.8 Å². The molecule has 0 aliphatic rings. The van der Waals surface area contributed by atoms with Crippen molar-refractivity contribution in [3.05, 3.63) is 82.9 Å². The molecular formula is C24H20ClN3O6. The summed E-state index contributed by atoms with van der Waals surface area (Å²) in [6.45, 7) is 0. The van der Waals surface area contributed by atoms with Crippen LogP contribution in [-0.4, -0.2) is 38.2 Å². The molecule has 0 unspecified atom stereocenters. The van der Waals surface area contributed by atoms with Crippen LogP contribution in [0, 0.1) is 0 Å². The molecule has 0 aliphatic heterocycles. The van der Waals surface area contributed by atoms with Gasteiger partial charge in [-0.05, 0) is 54.1 Å². The molecule has 0 aliphatic carbocycles. The number of carbonyl (C=O) groups is 3. The third-order valence-corrected chi connectivity index (χ3v) is 4.64. The van der Waals surface area contributed by atoms with E-state index in [-0.39, 0.29) is 11.4 Å². The third-order valence-electron chi connectivity index (χ3n) is 4.39. The van der Waals surface area contributed by atoms with Gasteiger partial charge in [0.1, 0.15) is 17.2 Å². The quantitative estimate of drug-likeness (QED) is 0.175. The van der Waals surface area contributed by atoms with E-state index in [0.29, 0.717) is 27.6 Å². The summed E-state index contributed by atoms with van der Waals surface area (Å²) < 4.78 is 15.6. The molecule has 34 heavy (non-hydrogen) atoms. The minimum Gasteiger partial charge on any atom is -0.497 e. The minimum absolute atomic E-state index is 0.265. The molecule has 0 bridgehead atoms. The molecule has 0 saturated heterocycles. The fourth-order valence-electron chi connectivity index (χ4n) is 2.72. The maximum atomic E-state index is 12.2. The van der Waals surface area contributed by atoms with Gasteiger partial charge in [-0.1, -0.05) is 23.7 Å². The topological polar surface area (TPSA) is 115 Å². The van der Waals surface area contributed by atoms with E-state index in [2.05, 4.69) is 15.8 Å². The van der Waals surface area contributed by atoms with Crippen LogP contribution in [0.3, 0.4) is 0 Å². The number of hydrogen-bond donors (Lipinski definition) is 2. The Morgan fingerprint density at radius 1 is 0.882 bits per heavy atom. The molecule has 0 saturated carbocycles. The molecule has 0 spiro atoms. The molecule has 10 heteroatoms. The van der Waals surface area contributed by atoms with Crippen molar-refractivity contribution in [3.63, 3.8) is 0 Å². The van der Waals surface area contributed by atoms with Gasteiger partial charge in [0.25, 0.3) is 0 Å². The van der Waals surface area contributed by atoms with E-state index in [1.807, 2.05) is 0 Å². The SMILES string of the molecule is COc1ccc(OC)c(NC(=O)C(=O)N/N=C/c2cccc(OC(=O)c3ccc(Cl)cc3)c2)c1. The van der Waals surface area contributed by atoms with Crippen LogP contribution in [0.25, 0.3) is 0 Å². The standard InChI is InChI=1S/C24H20ClN3O6/c1-32-18-10-11-21(33-2)20(13-18)27-22(29)23(30)28-26-14-15-4-3-5-19(12-15)34-24(31)16-6-8-17(25)9-7-16/h3-14H,1-2H3,(H,27,29)(H,28,30)/b26-14+. The lowest BCUT2D eigenvalue weighted by molar-refractivity contribution is -0.136. The number of halogens is 1. The number of ether oxygens (including phenoxy) is 3. The van der Waals surface area contributed by atoms with Crippen LogP contribution in [-0.2, 0) is 9.59 Å². The normalized spacial score (nSPS) is 10.4. The van der Waals surface area contributed by atoms with Crippen molar-refractivity contribution in [3.8, 4) is 17.2 Å². The molecule has 0 radical (unpaired) electrons. The molecule has 0 heterocycles. The third kappa shape index (κ3) is 6.57. The number of rotatable bonds is 7. The lowest BCUT2D eigenvalue weighted by Gasteiger charge is -2.11. The summed E-state index contributed by atoms with van der Waals surface area (Å²) in [6.07, 6.45) is 1.30. The van der Waals surface area contributed by atoms with E-state index < -0.39 is 17.8 Å². The number of amides is 2. The average Bonchev–Trinajstić information content (AvgIpc) is 2.84. The van der Waals surface area contributed by atoms with E-state index in [0.717, 1.165) is 0 Å². The summed E-state index contributed by atoms with van der Waals surface area (Å²) in [5, 5.41) is 6.72. The molecule has 0 aromatic heterocycles. The van der Waals surface area contributed by atoms with Gasteiger partial charge in [-0.15, -0.1) is 0 Å². The highest BCUT2D eigenvalue weighted by atomic mass is 35.5. The molecule has 3 aromatic carbocycles. The fraction of sp³-hybridized carbons (Fsp3) is 0.0833. The highest BCUT2D eigenvalue weighted by molar-refractivity contribution is 6.39. The van der Waals surface area contributed by atoms with E-state index in [9.17, 15) is 14.4 Å². The van der Waals surface area contributed by atoms with Crippen molar-refractivity contribution in [2.24, 2.45) is 5.10 Å². The molecule has 3 rings (SSSR count). The van der Waals surface area contributed by atoms with Crippen LogP contribution in [0.2, 0.25) is 5.02 Å². The van der Waals surface area contributed by atoms with E-state index in [1.54, 1.807) is 60.7 Å². The zero-order chi connectivity index (χ0) is 24.5. The summed E-state index contributed by atoms with van der Waals surface area (Å²) in [4.78, 5) is 36.5. The lowest BCUT2D eigenvalue weighted by Crippen LogP contribution is -2.32. The second-order valence-electron chi connectivity index (χ2n) is 6.69. The highest BCUT2D eigenvalue weighted by Crippen LogP contribution is 2.28. The molecule has 2 N–H and O–H groups in total. The van der Waals surface area contributed by atoms with Gasteiger partial charge in [-0.2, -0.15) is 5.10 Å². The van der Waals surface area contributed by atoms with Crippen molar-refractivity contribution < 1.29 is 28.6 Å². The summed E-state index contributed by atoms with van der Waals surface area (Å²) in [7, 11) is 2.91. The first-order valence-corrected chi connectivity index (χ1v) is 10.2. The molecule has 9 nitrogen and oxygen atoms in total. The largest absolute Gasteiger partial charge is 0.497 e. The molecule has 174 valence electrons. The molecule has 0 fully saturated rings. The molecule has 2 amide bonds. The Morgan fingerprint density at radius 2 is 1.65 bits per heavy atom. The van der Waals surface area contributed by atoms with Crippen LogP contribution >= 0.6 is 11.6 Å². The molecule has 0 atom stereocenters. The van der Waals surface area contributed by atoms with Crippen LogP contribution in [0.15, 0.2) is 71.8 Å². The average molecular weight is 482 g/mol. The first-order chi connectivity index (χ1) is 16.4. The van der Waals surface area contributed by atoms with Gasteiger partial charge in [0, 0.05) is 11.1 Å². The predicted octanol–water partition coefficient (Wildman–Crippen LogP) is 3.67. The van der Waals surface area contributed by atoms with Crippen molar-refractivity contribution >= 4 is 41.3 Å². The van der Waals surface area contributed by atoms with Gasteiger partial charge in [0.15, 0.2) is 0 Å². The Balaban J connectivity index is 1.58. The number of benzene rings is 3. The highest BCUT2D eigenvalue weighted by Gasteiger charge is 2.16. The van der Waals surface area contributed by atoms with Crippen LogP contribution in [0.1, 0.15) is 15.9 Å². The van der Waals surface area contributed by atoms with Gasteiger partial charge >= 0.3 is 17.8 Å². The first-order valence-electron chi connectivity index (χ1n) is 9.84. The maximum absolute atomic E-state index is 12.2. The van der Waals surface area contributed by atoms with Gasteiger partial charge < -0.3 is 19.5 Å². The zero-order valence-corrected chi connectivity index (χ0v) is 19.0. The Morgan fingerprint density at radius 3 is 2.35 bits per heavy atom. The van der Waals surface area contributed by atoms with Crippen molar-refractivity contribution in [2.75, 3.05) is 19.5 Å². The lowest BCUT2D eigenvalue weighted by atomic mass is 10.2. The molecular weight excluding hydrogens is 462 g/mol. The smallest absolute Gasteiger partial charge is 0.343 e. The number of hydrogen-bond acceptors (Lipinski definition) is 7. The number of methoxy groups -OCH3 is 2. The monoisotopic (exact) mass is 481 g/mol. The molecule has 3 aromatic rings. The second kappa shape index (κ2) is 11.5. The Hall–Kier alpha value is -4.37. The number of esters is 1. The van der Waals surface area contributed by atoms with E-state index in [1.165, 1.54) is 26.5 Å². The van der Waals surface area contributed by atoms with Crippen LogP contribution < -0.4 is 25.0 Å².